The number of amides is 1. The molecular formula is C19H17NO5. The van der Waals surface area contributed by atoms with Crippen LogP contribution in [0.1, 0.15) is 17.4 Å². The van der Waals surface area contributed by atoms with Crippen LogP contribution in [0, 0.1) is 0 Å². The van der Waals surface area contributed by atoms with E-state index in [-0.39, 0.29) is 5.57 Å². The molecule has 2 heterocycles. The third-order valence-electron chi connectivity index (χ3n) is 4.08. The lowest BCUT2D eigenvalue weighted by molar-refractivity contribution is -0.128. The highest BCUT2D eigenvalue weighted by atomic mass is 16.5. The number of para-hydroxylation sites is 1. The molecule has 0 saturated heterocycles. The van der Waals surface area contributed by atoms with Crippen molar-refractivity contribution in [2.75, 3.05) is 14.2 Å². The van der Waals surface area contributed by atoms with E-state index >= 15 is 0 Å². The highest BCUT2D eigenvalue weighted by molar-refractivity contribution is 6.14. The van der Waals surface area contributed by atoms with E-state index in [1.807, 2.05) is 0 Å². The number of hydrogen-bond acceptors (Lipinski definition) is 5. The van der Waals surface area contributed by atoms with Gasteiger partial charge in [0, 0.05) is 12.6 Å². The van der Waals surface area contributed by atoms with Crippen molar-refractivity contribution < 1.29 is 23.8 Å². The highest BCUT2D eigenvalue weighted by Gasteiger charge is 2.41. The van der Waals surface area contributed by atoms with Crippen molar-refractivity contribution in [2.24, 2.45) is 0 Å². The lowest BCUT2D eigenvalue weighted by Gasteiger charge is -2.23. The zero-order chi connectivity index (χ0) is 18.0. The number of hydrogen-bond donors (Lipinski definition) is 1. The number of ketones is 1. The number of methoxy groups -OCH3 is 1. The molecule has 0 spiro atoms. The molecule has 0 fully saturated rings. The zero-order valence-electron chi connectivity index (χ0n) is 13.8. The predicted molar refractivity (Wildman–Crippen MR) is 90.9 cm³/mol. The fourth-order valence-corrected chi connectivity index (χ4v) is 2.86. The minimum absolute atomic E-state index is 0.0137. The lowest BCUT2D eigenvalue weighted by atomic mass is 9.95. The Labute approximate surface area is 144 Å². The summed E-state index contributed by atoms with van der Waals surface area (Å²) < 4.78 is 10.5. The second kappa shape index (κ2) is 6.68. The first-order valence-electron chi connectivity index (χ1n) is 7.63. The number of furan rings is 1. The first-order valence-corrected chi connectivity index (χ1v) is 7.63. The molecule has 1 aliphatic rings. The Morgan fingerprint density at radius 2 is 2.04 bits per heavy atom. The molecule has 3 rings (SSSR count). The Hall–Kier alpha value is -3.28. The molecular weight excluding hydrogens is 322 g/mol. The average Bonchev–Trinajstić information content (AvgIpc) is 3.22. The van der Waals surface area contributed by atoms with Gasteiger partial charge in [-0.3, -0.25) is 9.59 Å². The standard InChI is InChI=1S/C19H17NO5/c1-20-17(13-7-3-4-8-15(13)24-2)16(18(22)19(20)23)14(21)10-9-12-6-5-11-25-12/h3-11,17,22H,1-2H3/b10-9+. The zero-order valence-corrected chi connectivity index (χ0v) is 13.8. The van der Waals surface area contributed by atoms with Crippen LogP contribution in [0.2, 0.25) is 0 Å². The van der Waals surface area contributed by atoms with Gasteiger partial charge in [-0.15, -0.1) is 0 Å². The summed E-state index contributed by atoms with van der Waals surface area (Å²) in [5.74, 6) is -0.595. The van der Waals surface area contributed by atoms with E-state index in [1.165, 1.54) is 37.5 Å². The molecule has 6 heteroatoms. The van der Waals surface area contributed by atoms with E-state index in [0.29, 0.717) is 17.1 Å². The van der Waals surface area contributed by atoms with Crippen LogP contribution in [0.4, 0.5) is 0 Å². The largest absolute Gasteiger partial charge is 0.503 e. The number of aliphatic hydroxyl groups excluding tert-OH is 1. The molecule has 1 aliphatic heterocycles. The topological polar surface area (TPSA) is 80.0 Å². The van der Waals surface area contributed by atoms with Crippen molar-refractivity contribution in [3.63, 3.8) is 0 Å². The van der Waals surface area contributed by atoms with Crippen molar-refractivity contribution in [1.29, 1.82) is 0 Å². The quantitative estimate of drug-likeness (QED) is 0.847. The first-order chi connectivity index (χ1) is 12.0. The van der Waals surface area contributed by atoms with Crippen LogP contribution in [-0.2, 0) is 9.59 Å². The Morgan fingerprint density at radius 3 is 2.72 bits per heavy atom. The molecule has 128 valence electrons. The van der Waals surface area contributed by atoms with Gasteiger partial charge in [-0.05, 0) is 30.4 Å². The molecule has 0 bridgehead atoms. The van der Waals surface area contributed by atoms with E-state index < -0.39 is 23.5 Å². The maximum atomic E-state index is 12.7. The van der Waals surface area contributed by atoms with Crippen LogP contribution < -0.4 is 4.74 Å². The van der Waals surface area contributed by atoms with Crippen LogP contribution in [-0.4, -0.2) is 35.9 Å². The van der Waals surface area contributed by atoms with Crippen molar-refractivity contribution in [2.45, 2.75) is 6.04 Å². The van der Waals surface area contributed by atoms with Crippen molar-refractivity contribution in [3.05, 3.63) is 71.4 Å². The Bertz CT molecular complexity index is 864. The molecule has 1 aromatic heterocycles. The second-order valence-corrected chi connectivity index (χ2v) is 5.54. The van der Waals surface area contributed by atoms with Crippen molar-refractivity contribution >= 4 is 17.8 Å². The van der Waals surface area contributed by atoms with Crippen molar-refractivity contribution in [1.82, 2.24) is 4.90 Å². The number of carbonyl (C=O) groups excluding carboxylic acids is 2. The summed E-state index contributed by atoms with van der Waals surface area (Å²) >= 11 is 0. The van der Waals surface area contributed by atoms with Gasteiger partial charge in [0.15, 0.2) is 11.5 Å². The van der Waals surface area contributed by atoms with E-state index in [4.69, 9.17) is 9.15 Å². The van der Waals surface area contributed by atoms with Gasteiger partial charge in [0.05, 0.1) is 25.0 Å². The molecule has 0 saturated carbocycles. The van der Waals surface area contributed by atoms with Crippen LogP contribution in [0.5, 0.6) is 5.75 Å². The van der Waals surface area contributed by atoms with E-state index in [2.05, 4.69) is 0 Å². The highest BCUT2D eigenvalue weighted by Crippen LogP contribution is 2.40. The Kier molecular flexibility index (Phi) is 4.43. The maximum absolute atomic E-state index is 12.7. The fraction of sp³-hybridized carbons (Fsp3) is 0.158. The number of allylic oxidation sites excluding steroid dienone is 1. The maximum Gasteiger partial charge on any atom is 0.289 e. The normalized spacial score (nSPS) is 17.6. The SMILES string of the molecule is COc1ccccc1C1C(C(=O)/C=C/c2ccco2)=C(O)C(=O)N1C. The van der Waals surface area contributed by atoms with Crippen LogP contribution in [0.15, 0.2) is 64.5 Å². The summed E-state index contributed by atoms with van der Waals surface area (Å²) in [5, 5.41) is 10.2. The molecule has 2 aromatic rings. The number of likely N-dealkylation sites (N-methyl/N-ethyl adjacent to an activating group) is 1. The monoisotopic (exact) mass is 339 g/mol. The summed E-state index contributed by atoms with van der Waals surface area (Å²) in [7, 11) is 3.05. The van der Waals surface area contributed by atoms with Crippen LogP contribution in [0.3, 0.4) is 0 Å². The molecule has 0 radical (unpaired) electrons. The number of benzene rings is 1. The smallest absolute Gasteiger partial charge is 0.289 e. The summed E-state index contributed by atoms with van der Waals surface area (Å²) in [6, 6.07) is 9.75. The number of carbonyl (C=O) groups is 2. The minimum Gasteiger partial charge on any atom is -0.503 e. The predicted octanol–water partition coefficient (Wildman–Crippen LogP) is 2.90. The number of ether oxygens (including phenoxy) is 1. The van der Waals surface area contributed by atoms with E-state index in [9.17, 15) is 14.7 Å². The summed E-state index contributed by atoms with van der Waals surface area (Å²) in [6.07, 6.45) is 4.26. The Morgan fingerprint density at radius 1 is 1.28 bits per heavy atom. The lowest BCUT2D eigenvalue weighted by Crippen LogP contribution is -2.27. The Balaban J connectivity index is 2.02. The summed E-state index contributed by atoms with van der Waals surface area (Å²) in [6.45, 7) is 0. The van der Waals surface area contributed by atoms with Crippen LogP contribution >= 0.6 is 0 Å². The minimum atomic E-state index is -0.725. The van der Waals surface area contributed by atoms with Crippen LogP contribution in [0.25, 0.3) is 6.08 Å². The number of aliphatic hydroxyl groups is 1. The molecule has 1 unspecified atom stereocenters. The fourth-order valence-electron chi connectivity index (χ4n) is 2.86. The van der Waals surface area contributed by atoms with E-state index in [1.54, 1.807) is 36.4 Å². The van der Waals surface area contributed by atoms with Gasteiger partial charge in [0.1, 0.15) is 11.5 Å². The average molecular weight is 339 g/mol. The van der Waals surface area contributed by atoms with E-state index in [0.717, 1.165) is 0 Å². The second-order valence-electron chi connectivity index (χ2n) is 5.54. The molecule has 1 atom stereocenters. The number of nitrogens with zero attached hydrogens (tertiary/aromatic N) is 1. The van der Waals surface area contributed by atoms with Gasteiger partial charge in [0.25, 0.3) is 5.91 Å². The van der Waals surface area contributed by atoms with Crippen molar-refractivity contribution in [3.8, 4) is 5.75 Å². The third-order valence-corrected chi connectivity index (χ3v) is 4.08. The van der Waals surface area contributed by atoms with Gasteiger partial charge in [0.2, 0.25) is 0 Å². The van der Waals surface area contributed by atoms with Gasteiger partial charge < -0.3 is 19.2 Å². The molecule has 1 N–H and O–H groups in total. The number of rotatable bonds is 5. The molecule has 1 amide bonds. The molecule has 6 nitrogen and oxygen atoms in total. The molecule has 1 aromatic carbocycles. The first kappa shape index (κ1) is 16.6. The van der Waals surface area contributed by atoms with Gasteiger partial charge in [-0.25, -0.2) is 0 Å². The summed E-state index contributed by atoms with van der Waals surface area (Å²) in [4.78, 5) is 26.2. The third kappa shape index (κ3) is 2.94. The summed E-state index contributed by atoms with van der Waals surface area (Å²) in [5.41, 5.74) is 0.638. The van der Waals surface area contributed by atoms with Gasteiger partial charge in [-0.2, -0.15) is 0 Å². The van der Waals surface area contributed by atoms with Gasteiger partial charge >= 0.3 is 0 Å². The molecule has 0 aliphatic carbocycles. The molecule has 25 heavy (non-hydrogen) atoms. The van der Waals surface area contributed by atoms with Gasteiger partial charge in [-0.1, -0.05) is 18.2 Å².